The normalized spacial score (nSPS) is 30.2. The van der Waals surface area contributed by atoms with Gasteiger partial charge in [-0.15, -0.1) is 0 Å². The fourth-order valence-corrected chi connectivity index (χ4v) is 1.01. The summed E-state index contributed by atoms with van der Waals surface area (Å²) in [6.45, 7) is 0. The number of hydrogen-bond acceptors (Lipinski definition) is 0. The van der Waals surface area contributed by atoms with Crippen molar-refractivity contribution in [1.82, 2.24) is 0 Å². The lowest BCUT2D eigenvalue weighted by atomic mass is 10.2. The van der Waals surface area contributed by atoms with E-state index in [1.807, 2.05) is 6.08 Å². The third-order valence-electron chi connectivity index (χ3n) is 1.69. The molecule has 0 spiro atoms. The Balaban J connectivity index is 2.49. The lowest BCUT2D eigenvalue weighted by molar-refractivity contribution is 1.05. The first-order valence-electron chi connectivity index (χ1n) is 4.71. The Morgan fingerprint density at radius 3 is 2.54 bits per heavy atom. The van der Waals surface area contributed by atoms with Crippen LogP contribution >= 0.6 is 0 Å². The monoisotopic (exact) mass is 171 g/mol. The molecule has 13 heavy (non-hydrogen) atoms. The second kappa shape index (κ2) is 7.35. The average Bonchev–Trinajstić information content (AvgIpc) is 2.18. The van der Waals surface area contributed by atoms with Crippen LogP contribution in [0.5, 0.6) is 0 Å². The van der Waals surface area contributed by atoms with E-state index in [1.54, 1.807) is 0 Å². The first-order chi connectivity index (χ1) is 6.50. The molecule has 0 aliphatic heterocycles. The molecule has 0 heterocycles. The first-order valence-corrected chi connectivity index (χ1v) is 4.71. The maximum atomic E-state index is 3.13. The molecule has 0 heteroatoms. The van der Waals surface area contributed by atoms with Crippen molar-refractivity contribution in [1.29, 1.82) is 0 Å². The van der Waals surface area contributed by atoms with Gasteiger partial charge in [-0.25, -0.2) is 0 Å². The van der Waals surface area contributed by atoms with Crippen LogP contribution in [0.15, 0.2) is 54.7 Å². The minimum atomic E-state index is 0.981. The maximum absolute atomic E-state index is 3.13. The summed E-state index contributed by atoms with van der Waals surface area (Å²) in [6.07, 6.45) is 25.0. The van der Waals surface area contributed by atoms with Gasteiger partial charge < -0.3 is 0 Å². The standard InChI is InChI=1S/C13H15/c1-2-4-6-8-10-12-13-11-9-7-5-3-1/h1-6,9,11-12H,7-8,10H2/b2-1+,5-3-,6-4+,11-9+,13-12?. The third-order valence-corrected chi connectivity index (χ3v) is 1.69. The molecule has 0 bridgehead atoms. The Morgan fingerprint density at radius 1 is 0.769 bits per heavy atom. The van der Waals surface area contributed by atoms with Gasteiger partial charge in [-0.2, -0.15) is 0 Å². The highest BCUT2D eigenvalue weighted by Crippen LogP contribution is 1.95. The van der Waals surface area contributed by atoms with E-state index in [4.69, 9.17) is 0 Å². The fourth-order valence-electron chi connectivity index (χ4n) is 1.01. The minimum absolute atomic E-state index is 0.981. The summed E-state index contributed by atoms with van der Waals surface area (Å²) in [4.78, 5) is 0. The summed E-state index contributed by atoms with van der Waals surface area (Å²) < 4.78 is 0. The molecule has 0 aromatic rings. The Kier molecular flexibility index (Phi) is 5.54. The molecule has 0 atom stereocenters. The van der Waals surface area contributed by atoms with Gasteiger partial charge in [0.1, 0.15) is 0 Å². The molecule has 1 aliphatic carbocycles. The van der Waals surface area contributed by atoms with Crippen LogP contribution in [0.2, 0.25) is 0 Å². The number of hydrogen-bond donors (Lipinski definition) is 0. The summed E-state index contributed by atoms with van der Waals surface area (Å²) in [5.74, 6) is 0. The molecular weight excluding hydrogens is 156 g/mol. The van der Waals surface area contributed by atoms with Crippen LogP contribution in [0, 0.1) is 6.08 Å². The molecule has 0 N–H and O–H groups in total. The second-order valence-corrected chi connectivity index (χ2v) is 2.83. The highest BCUT2D eigenvalue weighted by atomic mass is 13.8. The van der Waals surface area contributed by atoms with Gasteiger partial charge in [0, 0.05) is 0 Å². The number of allylic oxidation sites excluding steroid dienone is 10. The van der Waals surface area contributed by atoms with E-state index in [2.05, 4.69) is 54.7 Å². The van der Waals surface area contributed by atoms with Gasteiger partial charge in [0.15, 0.2) is 0 Å². The smallest absolute Gasteiger partial charge is 0.0163 e. The zero-order valence-corrected chi connectivity index (χ0v) is 7.82. The number of rotatable bonds is 0. The molecule has 1 rings (SSSR count). The molecule has 1 aliphatic rings. The average molecular weight is 171 g/mol. The third kappa shape index (κ3) is 5.92. The second-order valence-electron chi connectivity index (χ2n) is 2.83. The predicted octanol–water partition coefficient (Wildman–Crippen LogP) is 3.75. The van der Waals surface area contributed by atoms with Crippen LogP contribution in [-0.4, -0.2) is 0 Å². The fraction of sp³-hybridized carbons (Fsp3) is 0.231. The molecule has 0 fully saturated rings. The van der Waals surface area contributed by atoms with E-state index in [-0.39, 0.29) is 0 Å². The van der Waals surface area contributed by atoms with Crippen LogP contribution in [-0.2, 0) is 0 Å². The van der Waals surface area contributed by atoms with Crippen molar-refractivity contribution < 1.29 is 0 Å². The van der Waals surface area contributed by atoms with Crippen molar-refractivity contribution in [3.63, 3.8) is 0 Å². The largest absolute Gasteiger partial charge is 0.0842 e. The van der Waals surface area contributed by atoms with Crippen LogP contribution < -0.4 is 0 Å². The van der Waals surface area contributed by atoms with E-state index in [1.165, 1.54) is 0 Å². The topological polar surface area (TPSA) is 0 Å². The van der Waals surface area contributed by atoms with Crippen molar-refractivity contribution in [2.75, 3.05) is 0 Å². The van der Waals surface area contributed by atoms with Gasteiger partial charge in [0.05, 0.1) is 0 Å². The van der Waals surface area contributed by atoms with Gasteiger partial charge in [-0.05, 0) is 25.3 Å². The van der Waals surface area contributed by atoms with E-state index in [0.717, 1.165) is 19.3 Å². The summed E-state index contributed by atoms with van der Waals surface area (Å²) in [7, 11) is 0. The minimum Gasteiger partial charge on any atom is -0.0842 e. The molecule has 0 saturated carbocycles. The molecule has 0 aromatic heterocycles. The van der Waals surface area contributed by atoms with Crippen LogP contribution in [0.1, 0.15) is 19.3 Å². The summed E-state index contributed by atoms with van der Waals surface area (Å²) in [6, 6.07) is 0. The van der Waals surface area contributed by atoms with Crippen LogP contribution in [0.3, 0.4) is 0 Å². The zero-order chi connectivity index (χ0) is 9.19. The summed E-state index contributed by atoms with van der Waals surface area (Å²) in [5.41, 5.74) is 0. The Bertz CT molecular complexity index is 249. The molecule has 0 amide bonds. The summed E-state index contributed by atoms with van der Waals surface area (Å²) in [5, 5.41) is 0. The molecule has 0 aromatic carbocycles. The van der Waals surface area contributed by atoms with Crippen molar-refractivity contribution in [2.45, 2.75) is 19.3 Å². The molecule has 0 unspecified atom stereocenters. The highest BCUT2D eigenvalue weighted by molar-refractivity contribution is 5.12. The lowest BCUT2D eigenvalue weighted by Crippen LogP contribution is -1.63. The Labute approximate surface area is 80.7 Å². The molecular formula is C13H15. The molecule has 0 saturated heterocycles. The van der Waals surface area contributed by atoms with Crippen molar-refractivity contribution in [3.8, 4) is 0 Å². The Morgan fingerprint density at radius 2 is 1.62 bits per heavy atom. The van der Waals surface area contributed by atoms with E-state index < -0.39 is 0 Å². The van der Waals surface area contributed by atoms with Gasteiger partial charge in [-0.1, -0.05) is 54.7 Å². The van der Waals surface area contributed by atoms with Gasteiger partial charge in [0.25, 0.3) is 0 Å². The molecule has 67 valence electrons. The molecule has 0 nitrogen and oxygen atoms in total. The van der Waals surface area contributed by atoms with Crippen LogP contribution in [0.4, 0.5) is 0 Å². The summed E-state index contributed by atoms with van der Waals surface area (Å²) >= 11 is 0. The van der Waals surface area contributed by atoms with Crippen molar-refractivity contribution in [2.24, 2.45) is 0 Å². The quantitative estimate of drug-likeness (QED) is 0.520. The highest BCUT2D eigenvalue weighted by Gasteiger charge is 1.75. The van der Waals surface area contributed by atoms with Crippen LogP contribution in [0.25, 0.3) is 0 Å². The van der Waals surface area contributed by atoms with E-state index in [9.17, 15) is 0 Å². The SMILES string of the molecule is [C]1=C/CC/C=C/C=C/C=C\C/C=C/1. The van der Waals surface area contributed by atoms with Gasteiger partial charge in [-0.3, -0.25) is 0 Å². The van der Waals surface area contributed by atoms with Gasteiger partial charge >= 0.3 is 0 Å². The zero-order valence-electron chi connectivity index (χ0n) is 7.82. The van der Waals surface area contributed by atoms with Gasteiger partial charge in [0.2, 0.25) is 0 Å². The Hall–Kier alpha value is -1.30. The first kappa shape index (κ1) is 9.79. The predicted molar refractivity (Wildman–Crippen MR) is 58.2 cm³/mol. The van der Waals surface area contributed by atoms with E-state index >= 15 is 0 Å². The molecule has 1 radical (unpaired) electrons. The van der Waals surface area contributed by atoms with Crippen molar-refractivity contribution in [3.05, 3.63) is 60.8 Å². The maximum Gasteiger partial charge on any atom is -0.0163 e. The van der Waals surface area contributed by atoms with E-state index in [0.29, 0.717) is 0 Å². The van der Waals surface area contributed by atoms with Crippen molar-refractivity contribution >= 4 is 0 Å². The lowest BCUT2D eigenvalue weighted by Gasteiger charge is -1.82.